The Balaban J connectivity index is 1.33. The van der Waals surface area contributed by atoms with E-state index in [1.54, 1.807) is 12.1 Å². The van der Waals surface area contributed by atoms with Gasteiger partial charge in [-0.3, -0.25) is 4.79 Å². The van der Waals surface area contributed by atoms with Gasteiger partial charge in [-0.25, -0.2) is 4.98 Å². The average Bonchev–Trinajstić information content (AvgIpc) is 3.18. The van der Waals surface area contributed by atoms with E-state index in [-0.39, 0.29) is 5.91 Å². The molecular formula is C27H27Cl2N3O2. The molecule has 0 atom stereocenters. The molecule has 5 nitrogen and oxygen atoms in total. The molecule has 4 aromatic rings. The quantitative estimate of drug-likeness (QED) is 0.273. The highest BCUT2D eigenvalue weighted by atomic mass is 35.5. The summed E-state index contributed by atoms with van der Waals surface area (Å²) in [7, 11) is 0. The topological polar surface area (TPSA) is 56.1 Å². The van der Waals surface area contributed by atoms with Gasteiger partial charge in [-0.1, -0.05) is 47.5 Å². The van der Waals surface area contributed by atoms with E-state index in [0.29, 0.717) is 31.0 Å². The predicted molar refractivity (Wildman–Crippen MR) is 138 cm³/mol. The van der Waals surface area contributed by atoms with E-state index < -0.39 is 0 Å². The molecule has 1 heterocycles. The maximum absolute atomic E-state index is 12.3. The summed E-state index contributed by atoms with van der Waals surface area (Å²) in [5, 5.41) is 4.41. The molecule has 176 valence electrons. The molecule has 0 spiro atoms. The van der Waals surface area contributed by atoms with Crippen molar-refractivity contribution >= 4 is 40.1 Å². The highest BCUT2D eigenvalue weighted by Gasteiger charge is 2.11. The molecule has 0 bridgehead atoms. The summed E-state index contributed by atoms with van der Waals surface area (Å²) in [4.78, 5) is 17.1. The maximum atomic E-state index is 12.3. The first-order valence-electron chi connectivity index (χ1n) is 11.3. The van der Waals surface area contributed by atoms with Crippen molar-refractivity contribution in [3.05, 3.63) is 93.7 Å². The number of rotatable bonds is 10. The van der Waals surface area contributed by atoms with Gasteiger partial charge < -0.3 is 14.6 Å². The lowest BCUT2D eigenvalue weighted by atomic mass is 10.1. The van der Waals surface area contributed by atoms with Gasteiger partial charge in [0.05, 0.1) is 24.1 Å². The van der Waals surface area contributed by atoms with Crippen LogP contribution >= 0.6 is 23.2 Å². The summed E-state index contributed by atoms with van der Waals surface area (Å²) in [5.74, 6) is 1.76. The second-order valence-electron chi connectivity index (χ2n) is 8.18. The molecule has 7 heteroatoms. The van der Waals surface area contributed by atoms with Gasteiger partial charge in [-0.15, -0.1) is 0 Å². The summed E-state index contributed by atoms with van der Waals surface area (Å²) < 4.78 is 8.13. The zero-order chi connectivity index (χ0) is 23.9. The molecule has 1 amide bonds. The van der Waals surface area contributed by atoms with Crippen molar-refractivity contribution in [1.29, 1.82) is 0 Å². The first-order chi connectivity index (χ1) is 16.5. The maximum Gasteiger partial charge on any atom is 0.224 e. The number of ether oxygens (including phenoxy) is 1. The summed E-state index contributed by atoms with van der Waals surface area (Å²) >= 11 is 12.0. The Kier molecular flexibility index (Phi) is 8.09. The molecule has 0 fully saturated rings. The van der Waals surface area contributed by atoms with Crippen LogP contribution in [0.3, 0.4) is 0 Å². The number of hydrogen-bond acceptors (Lipinski definition) is 3. The van der Waals surface area contributed by atoms with Crippen LogP contribution in [0.4, 0.5) is 0 Å². The lowest BCUT2D eigenvalue weighted by Gasteiger charge is -2.11. The largest absolute Gasteiger partial charge is 0.494 e. The standard InChI is InChI=1S/C27H27Cl2N3O2/c1-19-17-22(11-12-23(19)29)34-16-4-15-32-25-6-3-2-5-24(25)31-26(32)13-14-30-27(33)18-20-7-9-21(28)10-8-20/h2-3,5-12,17H,4,13-16,18H2,1H3,(H,30,33). The van der Waals surface area contributed by atoms with Gasteiger partial charge in [0.25, 0.3) is 0 Å². The minimum absolute atomic E-state index is 0.0170. The Labute approximate surface area is 209 Å². The van der Waals surface area contributed by atoms with Gasteiger partial charge in [0, 0.05) is 29.6 Å². The average molecular weight is 496 g/mol. The zero-order valence-corrected chi connectivity index (χ0v) is 20.6. The molecule has 0 aliphatic rings. The number of aromatic nitrogens is 2. The third-order valence-electron chi connectivity index (χ3n) is 5.61. The highest BCUT2D eigenvalue weighted by molar-refractivity contribution is 6.31. The van der Waals surface area contributed by atoms with E-state index in [1.165, 1.54) is 0 Å². The normalized spacial score (nSPS) is 11.0. The first kappa shape index (κ1) is 24.1. The number of amides is 1. The van der Waals surface area contributed by atoms with Crippen LogP contribution in [-0.4, -0.2) is 28.6 Å². The van der Waals surface area contributed by atoms with Crippen LogP contribution in [0.25, 0.3) is 11.0 Å². The molecule has 0 aliphatic carbocycles. The fraction of sp³-hybridized carbons (Fsp3) is 0.259. The molecule has 34 heavy (non-hydrogen) atoms. The van der Waals surface area contributed by atoms with E-state index >= 15 is 0 Å². The fourth-order valence-corrected chi connectivity index (χ4v) is 4.09. The van der Waals surface area contributed by atoms with Crippen LogP contribution in [0.15, 0.2) is 66.7 Å². The zero-order valence-electron chi connectivity index (χ0n) is 19.1. The number of benzene rings is 3. The molecule has 0 aliphatic heterocycles. The molecule has 0 saturated heterocycles. The molecule has 0 radical (unpaired) electrons. The summed E-state index contributed by atoms with van der Waals surface area (Å²) in [5.41, 5.74) is 3.98. The van der Waals surface area contributed by atoms with Crippen molar-refractivity contribution in [1.82, 2.24) is 14.9 Å². The van der Waals surface area contributed by atoms with Crippen LogP contribution in [0.2, 0.25) is 10.0 Å². The third kappa shape index (κ3) is 6.31. The van der Waals surface area contributed by atoms with Crippen molar-refractivity contribution in [3.8, 4) is 5.75 Å². The molecule has 1 N–H and O–H groups in total. The molecule has 0 saturated carbocycles. The summed E-state index contributed by atoms with van der Waals surface area (Å²) in [6.07, 6.45) is 1.81. The van der Waals surface area contributed by atoms with Crippen molar-refractivity contribution in [2.45, 2.75) is 32.7 Å². The van der Waals surface area contributed by atoms with Gasteiger partial charge in [0.15, 0.2) is 0 Å². The van der Waals surface area contributed by atoms with Crippen LogP contribution in [0.5, 0.6) is 5.75 Å². The van der Waals surface area contributed by atoms with Crippen LogP contribution in [0, 0.1) is 6.92 Å². The number of hydrogen-bond donors (Lipinski definition) is 1. The predicted octanol–water partition coefficient (Wildman–Crippen LogP) is 6.02. The van der Waals surface area contributed by atoms with Crippen LogP contribution in [-0.2, 0) is 24.2 Å². The number of nitrogens with one attached hydrogen (secondary N) is 1. The van der Waals surface area contributed by atoms with Crippen molar-refractivity contribution < 1.29 is 9.53 Å². The minimum Gasteiger partial charge on any atom is -0.494 e. The summed E-state index contributed by atoms with van der Waals surface area (Å²) in [6, 6.07) is 21.1. The molecule has 3 aromatic carbocycles. The van der Waals surface area contributed by atoms with Crippen LogP contribution in [0.1, 0.15) is 23.4 Å². The van der Waals surface area contributed by atoms with Crippen molar-refractivity contribution in [2.24, 2.45) is 0 Å². The number of para-hydroxylation sites is 2. The van der Waals surface area contributed by atoms with Crippen molar-refractivity contribution in [3.63, 3.8) is 0 Å². The molecule has 0 unspecified atom stereocenters. The number of fused-ring (bicyclic) bond motifs is 1. The highest BCUT2D eigenvalue weighted by Crippen LogP contribution is 2.22. The lowest BCUT2D eigenvalue weighted by Crippen LogP contribution is -2.28. The van der Waals surface area contributed by atoms with E-state index in [4.69, 9.17) is 32.9 Å². The van der Waals surface area contributed by atoms with Gasteiger partial charge >= 0.3 is 0 Å². The van der Waals surface area contributed by atoms with E-state index in [9.17, 15) is 4.79 Å². The number of nitrogens with zero attached hydrogens (tertiary/aromatic N) is 2. The summed E-state index contributed by atoms with van der Waals surface area (Å²) in [6.45, 7) is 3.86. The monoisotopic (exact) mass is 495 g/mol. The molecular weight excluding hydrogens is 469 g/mol. The van der Waals surface area contributed by atoms with Gasteiger partial charge in [-0.2, -0.15) is 0 Å². The Morgan fingerprint density at radius 1 is 1.06 bits per heavy atom. The number of halogens is 2. The van der Waals surface area contributed by atoms with Gasteiger partial charge in [0.1, 0.15) is 11.6 Å². The minimum atomic E-state index is -0.0170. The van der Waals surface area contributed by atoms with Gasteiger partial charge in [0.2, 0.25) is 5.91 Å². The first-order valence-corrected chi connectivity index (χ1v) is 12.1. The SMILES string of the molecule is Cc1cc(OCCCn2c(CCNC(=O)Cc3ccc(Cl)cc3)nc3ccccc32)ccc1Cl. The Hall–Kier alpha value is -3.02. The third-order valence-corrected chi connectivity index (χ3v) is 6.28. The van der Waals surface area contributed by atoms with E-state index in [1.807, 2.05) is 55.5 Å². The number of carbonyl (C=O) groups excluding carboxylic acids is 1. The number of carbonyl (C=O) groups is 1. The van der Waals surface area contributed by atoms with E-state index in [2.05, 4.69) is 16.0 Å². The second kappa shape index (κ2) is 11.4. The lowest BCUT2D eigenvalue weighted by molar-refractivity contribution is -0.120. The Morgan fingerprint density at radius 3 is 2.65 bits per heavy atom. The Morgan fingerprint density at radius 2 is 1.85 bits per heavy atom. The smallest absolute Gasteiger partial charge is 0.224 e. The number of imidazole rings is 1. The van der Waals surface area contributed by atoms with Crippen molar-refractivity contribution in [2.75, 3.05) is 13.2 Å². The second-order valence-corrected chi connectivity index (χ2v) is 9.03. The molecule has 4 rings (SSSR count). The Bertz CT molecular complexity index is 1270. The molecule has 1 aromatic heterocycles. The fourth-order valence-electron chi connectivity index (χ4n) is 3.85. The van der Waals surface area contributed by atoms with Gasteiger partial charge in [-0.05, 0) is 66.9 Å². The number of aryl methyl sites for hydroxylation is 2. The van der Waals surface area contributed by atoms with Crippen LogP contribution < -0.4 is 10.1 Å². The van der Waals surface area contributed by atoms with E-state index in [0.717, 1.165) is 51.7 Å².